The van der Waals surface area contributed by atoms with Crippen molar-refractivity contribution in [1.29, 1.82) is 0 Å². The summed E-state index contributed by atoms with van der Waals surface area (Å²) in [4.78, 5) is 22.5. The molecule has 0 saturated carbocycles. The first-order valence-corrected chi connectivity index (χ1v) is 15.1. The number of thiazole rings is 1. The fourth-order valence-corrected chi connectivity index (χ4v) is 6.44. The summed E-state index contributed by atoms with van der Waals surface area (Å²) in [6.07, 6.45) is 0. The summed E-state index contributed by atoms with van der Waals surface area (Å²) in [5, 5.41) is 0.581. The number of aromatic nitrogens is 1. The number of anilines is 1. The number of benzene rings is 2. The smallest absolute Gasteiger partial charge is 0.260 e. The summed E-state index contributed by atoms with van der Waals surface area (Å²) in [5.41, 5.74) is 1.16. The maximum absolute atomic E-state index is 13.8. The van der Waals surface area contributed by atoms with Crippen LogP contribution in [0.3, 0.4) is 0 Å². The highest BCUT2D eigenvalue weighted by Crippen LogP contribution is 2.32. The lowest BCUT2D eigenvalue weighted by atomic mass is 10.2. The molecular formula is C27H38N4O6S2. The molecule has 0 radical (unpaired) electrons. The molecule has 1 aromatic heterocycles. The number of nitrogens with zero attached hydrogens (tertiary/aromatic N) is 4. The van der Waals surface area contributed by atoms with Gasteiger partial charge in [0.25, 0.3) is 5.91 Å². The minimum Gasteiger partial charge on any atom is -0.497 e. The van der Waals surface area contributed by atoms with Crippen LogP contribution in [0.2, 0.25) is 0 Å². The molecule has 0 saturated heterocycles. The Morgan fingerprint density at radius 1 is 0.897 bits per heavy atom. The SMILES string of the molecule is CCN(CC)CCN(C(=O)c1ccc(S(=O)(=O)N(CCOC)CCOC)cc1)c1nc2ccc(OC)cc2s1. The van der Waals surface area contributed by atoms with Gasteiger partial charge in [0.2, 0.25) is 10.0 Å². The average Bonchev–Trinajstić information content (AvgIpc) is 3.38. The third-order valence-electron chi connectivity index (χ3n) is 6.42. The molecule has 10 nitrogen and oxygen atoms in total. The van der Waals surface area contributed by atoms with E-state index in [1.165, 1.54) is 42.0 Å². The largest absolute Gasteiger partial charge is 0.497 e. The summed E-state index contributed by atoms with van der Waals surface area (Å²) in [5.74, 6) is 0.480. The topological polar surface area (TPSA) is 102 Å². The monoisotopic (exact) mass is 578 g/mol. The molecule has 0 aliphatic carbocycles. The molecule has 2 aromatic carbocycles. The second-order valence-corrected chi connectivity index (χ2v) is 11.7. The third kappa shape index (κ3) is 7.74. The highest BCUT2D eigenvalue weighted by molar-refractivity contribution is 7.89. The van der Waals surface area contributed by atoms with Crippen molar-refractivity contribution in [1.82, 2.24) is 14.2 Å². The van der Waals surface area contributed by atoms with Gasteiger partial charge in [-0.05, 0) is 55.6 Å². The molecule has 0 fully saturated rings. The highest BCUT2D eigenvalue weighted by atomic mass is 32.2. The normalized spacial score (nSPS) is 12.0. The predicted molar refractivity (Wildman–Crippen MR) is 155 cm³/mol. The van der Waals surface area contributed by atoms with Crippen molar-refractivity contribution in [3.63, 3.8) is 0 Å². The predicted octanol–water partition coefficient (Wildman–Crippen LogP) is 3.58. The minimum atomic E-state index is -3.79. The summed E-state index contributed by atoms with van der Waals surface area (Å²) in [6.45, 7) is 7.94. The number of methoxy groups -OCH3 is 3. The van der Waals surface area contributed by atoms with Gasteiger partial charge in [0, 0.05) is 46.0 Å². The van der Waals surface area contributed by atoms with Gasteiger partial charge in [-0.1, -0.05) is 25.2 Å². The Hall–Kier alpha value is -2.61. The number of hydrogen-bond donors (Lipinski definition) is 0. The van der Waals surface area contributed by atoms with Crippen LogP contribution in [0.5, 0.6) is 5.75 Å². The Labute approximate surface area is 235 Å². The van der Waals surface area contributed by atoms with Gasteiger partial charge in [-0.15, -0.1) is 0 Å². The molecule has 3 rings (SSSR count). The van der Waals surface area contributed by atoms with Gasteiger partial charge in [-0.2, -0.15) is 4.31 Å². The van der Waals surface area contributed by atoms with Gasteiger partial charge in [-0.3, -0.25) is 9.69 Å². The second-order valence-electron chi connectivity index (χ2n) is 8.73. The van der Waals surface area contributed by atoms with E-state index in [9.17, 15) is 13.2 Å². The van der Waals surface area contributed by atoms with Crippen LogP contribution in [-0.4, -0.2) is 102 Å². The van der Waals surface area contributed by atoms with Crippen LogP contribution in [0.4, 0.5) is 5.13 Å². The maximum Gasteiger partial charge on any atom is 0.260 e. The molecule has 0 aliphatic heterocycles. The molecule has 1 heterocycles. The molecule has 0 aliphatic rings. The number of likely N-dealkylation sites (N-methyl/N-ethyl adjacent to an activating group) is 1. The van der Waals surface area contributed by atoms with Crippen molar-refractivity contribution < 1.29 is 27.4 Å². The van der Waals surface area contributed by atoms with E-state index in [1.54, 1.807) is 24.1 Å². The number of fused-ring (bicyclic) bond motifs is 1. The van der Waals surface area contributed by atoms with Gasteiger partial charge >= 0.3 is 0 Å². The number of amides is 1. The average molecular weight is 579 g/mol. The Kier molecular flexibility index (Phi) is 11.6. The maximum atomic E-state index is 13.8. The molecule has 214 valence electrons. The van der Waals surface area contributed by atoms with E-state index in [2.05, 4.69) is 18.7 Å². The Balaban J connectivity index is 1.91. The second kappa shape index (κ2) is 14.7. The lowest BCUT2D eigenvalue weighted by Crippen LogP contribution is -2.39. The minimum absolute atomic E-state index is 0.105. The number of sulfonamides is 1. The molecule has 0 bridgehead atoms. The molecule has 12 heteroatoms. The Morgan fingerprint density at radius 2 is 1.54 bits per heavy atom. The first kappa shape index (κ1) is 30.9. The Morgan fingerprint density at radius 3 is 2.10 bits per heavy atom. The summed E-state index contributed by atoms with van der Waals surface area (Å²) in [6, 6.07) is 11.7. The zero-order valence-electron chi connectivity index (χ0n) is 23.3. The van der Waals surface area contributed by atoms with Crippen molar-refractivity contribution in [2.45, 2.75) is 18.7 Å². The lowest BCUT2D eigenvalue weighted by Gasteiger charge is -2.25. The van der Waals surface area contributed by atoms with Gasteiger partial charge in [0.15, 0.2) is 5.13 Å². The van der Waals surface area contributed by atoms with Crippen LogP contribution in [0.1, 0.15) is 24.2 Å². The number of carbonyl (C=O) groups excluding carboxylic acids is 1. The first-order chi connectivity index (χ1) is 18.8. The van der Waals surface area contributed by atoms with Crippen LogP contribution in [0.25, 0.3) is 10.2 Å². The quantitative estimate of drug-likeness (QED) is 0.254. The van der Waals surface area contributed by atoms with Gasteiger partial charge in [-0.25, -0.2) is 13.4 Å². The molecule has 39 heavy (non-hydrogen) atoms. The van der Waals surface area contributed by atoms with E-state index in [1.807, 2.05) is 18.2 Å². The number of carbonyl (C=O) groups is 1. The fraction of sp³-hybridized carbons (Fsp3) is 0.481. The van der Waals surface area contributed by atoms with E-state index in [4.69, 9.17) is 19.2 Å². The highest BCUT2D eigenvalue weighted by Gasteiger charge is 2.26. The van der Waals surface area contributed by atoms with E-state index < -0.39 is 10.0 Å². The van der Waals surface area contributed by atoms with Crippen molar-refractivity contribution >= 4 is 42.6 Å². The van der Waals surface area contributed by atoms with Gasteiger partial charge < -0.3 is 19.1 Å². The van der Waals surface area contributed by atoms with Crippen LogP contribution in [0, 0.1) is 0 Å². The molecule has 1 amide bonds. The van der Waals surface area contributed by atoms with Crippen LogP contribution >= 0.6 is 11.3 Å². The summed E-state index contributed by atoms with van der Waals surface area (Å²) >= 11 is 1.42. The van der Waals surface area contributed by atoms with Gasteiger partial charge in [0.05, 0.1) is 35.4 Å². The molecule has 3 aromatic rings. The van der Waals surface area contributed by atoms with Crippen molar-refractivity contribution in [3.8, 4) is 5.75 Å². The molecule has 0 spiro atoms. The van der Waals surface area contributed by atoms with E-state index >= 15 is 0 Å². The van der Waals surface area contributed by atoms with E-state index in [0.29, 0.717) is 23.8 Å². The lowest BCUT2D eigenvalue weighted by molar-refractivity contribution is 0.0983. The fourth-order valence-electron chi connectivity index (χ4n) is 4.01. The van der Waals surface area contributed by atoms with Crippen LogP contribution in [-0.2, 0) is 19.5 Å². The van der Waals surface area contributed by atoms with Crippen molar-refractivity contribution in [2.24, 2.45) is 0 Å². The zero-order chi connectivity index (χ0) is 28.4. The number of ether oxygens (including phenoxy) is 3. The van der Waals surface area contributed by atoms with Crippen LogP contribution < -0.4 is 9.64 Å². The van der Waals surface area contributed by atoms with Crippen molar-refractivity contribution in [3.05, 3.63) is 48.0 Å². The zero-order valence-corrected chi connectivity index (χ0v) is 24.9. The van der Waals surface area contributed by atoms with E-state index in [-0.39, 0.29) is 37.1 Å². The van der Waals surface area contributed by atoms with Gasteiger partial charge in [0.1, 0.15) is 5.75 Å². The summed E-state index contributed by atoms with van der Waals surface area (Å²) in [7, 11) is 0.866. The third-order valence-corrected chi connectivity index (χ3v) is 9.38. The molecule has 0 N–H and O–H groups in total. The molecule has 0 atom stereocenters. The number of rotatable bonds is 16. The number of hydrogen-bond acceptors (Lipinski definition) is 9. The standard InChI is InChI=1S/C27H38N4O6S2/c1-6-29(7-2)14-15-31(27-28-24-13-10-22(37-5)20-25(24)38-27)26(32)21-8-11-23(12-9-21)39(33,34)30(16-18-35-3)17-19-36-4/h8-13,20H,6-7,14-19H2,1-5H3. The Bertz CT molecular complexity index is 1300. The molecule has 0 unspecified atom stereocenters. The van der Waals surface area contributed by atoms with E-state index in [0.717, 1.165) is 29.1 Å². The summed E-state index contributed by atoms with van der Waals surface area (Å²) < 4.78 is 44.3. The first-order valence-electron chi connectivity index (χ1n) is 12.9. The molecular weight excluding hydrogens is 540 g/mol. The van der Waals surface area contributed by atoms with Crippen molar-refractivity contribution in [2.75, 3.05) is 78.7 Å². The van der Waals surface area contributed by atoms with Crippen LogP contribution in [0.15, 0.2) is 47.4 Å².